The molecule has 0 saturated heterocycles. The molecule has 0 heterocycles. The van der Waals surface area contributed by atoms with Crippen molar-refractivity contribution in [3.8, 4) is 17.2 Å². The second kappa shape index (κ2) is 5.92. The Balaban J connectivity index is 2.33. The monoisotopic (exact) mass is 275 g/mol. The SMILES string of the molecule is COc1ccc(Oc2cc(C)c(F)cc2[C@@H](C)N)cc1. The molecule has 0 aromatic heterocycles. The van der Waals surface area contributed by atoms with Crippen LogP contribution in [0.15, 0.2) is 36.4 Å². The third kappa shape index (κ3) is 3.08. The predicted molar refractivity (Wildman–Crippen MR) is 76.8 cm³/mol. The molecule has 20 heavy (non-hydrogen) atoms. The minimum Gasteiger partial charge on any atom is -0.497 e. The van der Waals surface area contributed by atoms with Crippen molar-refractivity contribution in [3.05, 3.63) is 53.3 Å². The second-order valence-electron chi connectivity index (χ2n) is 4.71. The number of hydrogen-bond donors (Lipinski definition) is 1. The number of hydrogen-bond acceptors (Lipinski definition) is 3. The second-order valence-corrected chi connectivity index (χ2v) is 4.71. The molecule has 2 aromatic carbocycles. The van der Waals surface area contributed by atoms with Gasteiger partial charge in [0.25, 0.3) is 0 Å². The smallest absolute Gasteiger partial charge is 0.132 e. The highest BCUT2D eigenvalue weighted by Crippen LogP contribution is 2.31. The molecular formula is C16H18FNO2. The number of nitrogens with two attached hydrogens (primary N) is 1. The minimum atomic E-state index is -0.307. The van der Waals surface area contributed by atoms with E-state index in [1.54, 1.807) is 51.3 Å². The van der Waals surface area contributed by atoms with Crippen molar-refractivity contribution in [3.63, 3.8) is 0 Å². The molecule has 0 spiro atoms. The van der Waals surface area contributed by atoms with Crippen LogP contribution in [0.3, 0.4) is 0 Å². The van der Waals surface area contributed by atoms with Crippen LogP contribution in [-0.4, -0.2) is 7.11 Å². The van der Waals surface area contributed by atoms with Crippen LogP contribution in [0.5, 0.6) is 17.2 Å². The van der Waals surface area contributed by atoms with Gasteiger partial charge in [-0.1, -0.05) is 0 Å². The summed E-state index contributed by atoms with van der Waals surface area (Å²) < 4.78 is 24.5. The quantitative estimate of drug-likeness (QED) is 0.918. The van der Waals surface area contributed by atoms with Crippen molar-refractivity contribution >= 4 is 0 Å². The van der Waals surface area contributed by atoms with Gasteiger partial charge in [0.2, 0.25) is 0 Å². The van der Waals surface area contributed by atoms with Gasteiger partial charge < -0.3 is 15.2 Å². The zero-order valence-corrected chi connectivity index (χ0v) is 11.8. The largest absolute Gasteiger partial charge is 0.497 e. The molecule has 0 saturated carbocycles. The standard InChI is InChI=1S/C16H18FNO2/c1-10-8-16(14(11(2)18)9-15(10)17)20-13-6-4-12(19-3)5-7-13/h4-9,11H,18H2,1-3H3/t11-/m1/s1. The lowest BCUT2D eigenvalue weighted by atomic mass is 10.1. The van der Waals surface area contributed by atoms with Crippen LogP contribution in [0.25, 0.3) is 0 Å². The number of halogens is 1. The fourth-order valence-electron chi connectivity index (χ4n) is 1.89. The fourth-order valence-corrected chi connectivity index (χ4v) is 1.89. The van der Waals surface area contributed by atoms with Crippen LogP contribution in [-0.2, 0) is 0 Å². The van der Waals surface area contributed by atoms with E-state index in [0.717, 1.165) is 5.75 Å². The molecule has 0 radical (unpaired) electrons. The molecule has 2 aromatic rings. The minimum absolute atomic E-state index is 0.278. The molecule has 0 unspecified atom stereocenters. The van der Waals surface area contributed by atoms with Crippen molar-refractivity contribution in [1.29, 1.82) is 0 Å². The van der Waals surface area contributed by atoms with Gasteiger partial charge in [-0.25, -0.2) is 4.39 Å². The van der Waals surface area contributed by atoms with E-state index in [4.69, 9.17) is 15.2 Å². The molecule has 0 aliphatic heterocycles. The number of aryl methyl sites for hydroxylation is 1. The molecule has 0 amide bonds. The third-order valence-electron chi connectivity index (χ3n) is 3.07. The highest BCUT2D eigenvalue weighted by Gasteiger charge is 2.13. The fraction of sp³-hybridized carbons (Fsp3) is 0.250. The first-order valence-corrected chi connectivity index (χ1v) is 6.39. The molecule has 1 atom stereocenters. The van der Waals surface area contributed by atoms with E-state index in [9.17, 15) is 4.39 Å². The summed E-state index contributed by atoms with van der Waals surface area (Å²) in [6.45, 7) is 3.49. The summed E-state index contributed by atoms with van der Waals surface area (Å²) in [5.74, 6) is 1.70. The van der Waals surface area contributed by atoms with Crippen molar-refractivity contribution < 1.29 is 13.9 Å². The van der Waals surface area contributed by atoms with Crippen LogP contribution in [0.4, 0.5) is 4.39 Å². The van der Waals surface area contributed by atoms with Gasteiger partial charge in [-0.15, -0.1) is 0 Å². The zero-order chi connectivity index (χ0) is 14.7. The molecule has 2 rings (SSSR count). The van der Waals surface area contributed by atoms with E-state index in [0.29, 0.717) is 22.6 Å². The average molecular weight is 275 g/mol. The Morgan fingerprint density at radius 3 is 2.25 bits per heavy atom. The van der Waals surface area contributed by atoms with E-state index in [1.165, 1.54) is 6.07 Å². The highest BCUT2D eigenvalue weighted by molar-refractivity contribution is 5.43. The van der Waals surface area contributed by atoms with E-state index in [2.05, 4.69) is 0 Å². The normalized spacial score (nSPS) is 12.1. The lowest BCUT2D eigenvalue weighted by Crippen LogP contribution is -2.08. The Morgan fingerprint density at radius 2 is 1.70 bits per heavy atom. The Bertz CT molecular complexity index is 594. The molecule has 0 aliphatic rings. The van der Waals surface area contributed by atoms with Gasteiger partial charge in [-0.3, -0.25) is 0 Å². The molecule has 106 valence electrons. The zero-order valence-electron chi connectivity index (χ0n) is 11.8. The highest BCUT2D eigenvalue weighted by atomic mass is 19.1. The molecule has 0 aliphatic carbocycles. The van der Waals surface area contributed by atoms with Crippen LogP contribution in [0.2, 0.25) is 0 Å². The predicted octanol–water partition coefficient (Wildman–Crippen LogP) is 3.95. The lowest BCUT2D eigenvalue weighted by molar-refractivity contribution is 0.412. The topological polar surface area (TPSA) is 44.5 Å². The Labute approximate surface area is 118 Å². The van der Waals surface area contributed by atoms with E-state index in [1.807, 2.05) is 0 Å². The molecule has 0 bridgehead atoms. The Kier molecular flexibility index (Phi) is 4.25. The summed E-state index contributed by atoms with van der Waals surface area (Å²) in [6.07, 6.45) is 0. The number of ether oxygens (including phenoxy) is 2. The third-order valence-corrected chi connectivity index (χ3v) is 3.07. The van der Waals surface area contributed by atoms with Gasteiger partial charge in [0.05, 0.1) is 7.11 Å². The van der Waals surface area contributed by atoms with Crippen molar-refractivity contribution in [2.75, 3.05) is 7.11 Å². The van der Waals surface area contributed by atoms with Crippen molar-refractivity contribution in [2.45, 2.75) is 19.9 Å². The maximum atomic E-state index is 13.6. The van der Waals surface area contributed by atoms with E-state index < -0.39 is 0 Å². The van der Waals surface area contributed by atoms with Gasteiger partial charge in [0.1, 0.15) is 23.1 Å². The van der Waals surface area contributed by atoms with Crippen molar-refractivity contribution in [1.82, 2.24) is 0 Å². The maximum Gasteiger partial charge on any atom is 0.132 e. The van der Waals surface area contributed by atoms with Gasteiger partial charge >= 0.3 is 0 Å². The first kappa shape index (κ1) is 14.3. The Hall–Kier alpha value is -2.07. The molecule has 3 nitrogen and oxygen atoms in total. The number of rotatable bonds is 4. The van der Waals surface area contributed by atoms with E-state index >= 15 is 0 Å². The summed E-state index contributed by atoms with van der Waals surface area (Å²) in [5.41, 5.74) is 7.03. The van der Waals surface area contributed by atoms with Crippen LogP contribution >= 0.6 is 0 Å². The Morgan fingerprint density at radius 1 is 1.10 bits per heavy atom. The van der Waals surface area contributed by atoms with Crippen LogP contribution in [0, 0.1) is 12.7 Å². The molecule has 0 fully saturated rings. The summed E-state index contributed by atoms with van der Waals surface area (Å²) in [6, 6.07) is 9.98. The first-order chi connectivity index (χ1) is 9.51. The summed E-state index contributed by atoms with van der Waals surface area (Å²) in [5, 5.41) is 0. The first-order valence-electron chi connectivity index (χ1n) is 6.39. The summed E-state index contributed by atoms with van der Waals surface area (Å²) in [4.78, 5) is 0. The van der Waals surface area contributed by atoms with Gasteiger partial charge in [0, 0.05) is 11.6 Å². The lowest BCUT2D eigenvalue weighted by Gasteiger charge is -2.15. The molecular weight excluding hydrogens is 257 g/mol. The number of methoxy groups -OCH3 is 1. The van der Waals surface area contributed by atoms with Crippen molar-refractivity contribution in [2.24, 2.45) is 5.73 Å². The average Bonchev–Trinajstić information content (AvgIpc) is 2.43. The van der Waals surface area contributed by atoms with Gasteiger partial charge in [-0.2, -0.15) is 0 Å². The molecule has 4 heteroatoms. The summed E-state index contributed by atoms with van der Waals surface area (Å²) in [7, 11) is 1.60. The van der Waals surface area contributed by atoms with Crippen LogP contribution < -0.4 is 15.2 Å². The van der Waals surface area contributed by atoms with Crippen LogP contribution in [0.1, 0.15) is 24.1 Å². The maximum absolute atomic E-state index is 13.6. The molecule has 2 N–H and O–H groups in total. The van der Waals surface area contributed by atoms with E-state index in [-0.39, 0.29) is 11.9 Å². The van der Waals surface area contributed by atoms with Gasteiger partial charge in [0.15, 0.2) is 0 Å². The number of benzene rings is 2. The van der Waals surface area contributed by atoms with Gasteiger partial charge in [-0.05, 0) is 55.8 Å². The summed E-state index contributed by atoms with van der Waals surface area (Å²) >= 11 is 0.